The summed E-state index contributed by atoms with van der Waals surface area (Å²) in [5, 5.41) is 6.28. The lowest BCUT2D eigenvalue weighted by Gasteiger charge is -2.33. The van der Waals surface area contributed by atoms with Gasteiger partial charge in [0.1, 0.15) is 0 Å². The Labute approximate surface area is 103 Å². The minimum Gasteiger partial charge on any atom is -0.381 e. The smallest absolute Gasteiger partial charge is 0.317 e. The van der Waals surface area contributed by atoms with Crippen molar-refractivity contribution in [1.29, 1.82) is 0 Å². The summed E-state index contributed by atoms with van der Waals surface area (Å²) >= 11 is 0. The highest BCUT2D eigenvalue weighted by Gasteiger charge is 2.27. The van der Waals surface area contributed by atoms with Gasteiger partial charge >= 0.3 is 6.03 Å². The number of urea groups is 1. The zero-order valence-corrected chi connectivity index (χ0v) is 10.6. The molecule has 2 rings (SSSR count). The first-order chi connectivity index (χ1) is 8.20. The van der Waals surface area contributed by atoms with E-state index in [4.69, 9.17) is 4.74 Å². The molecule has 2 aliphatic heterocycles. The molecule has 0 spiro atoms. The van der Waals surface area contributed by atoms with Crippen molar-refractivity contribution < 1.29 is 9.53 Å². The lowest BCUT2D eigenvalue weighted by atomic mass is 9.82. The Kier molecular flexibility index (Phi) is 4.23. The van der Waals surface area contributed by atoms with Crippen LogP contribution in [-0.4, -0.2) is 56.9 Å². The Balaban J connectivity index is 1.60. The topological polar surface area (TPSA) is 53.6 Å². The summed E-state index contributed by atoms with van der Waals surface area (Å²) in [6.45, 7) is 8.40. The van der Waals surface area contributed by atoms with Crippen molar-refractivity contribution in [2.75, 3.05) is 45.9 Å². The second-order valence-corrected chi connectivity index (χ2v) is 5.32. The molecule has 0 atom stereocenters. The number of carbonyl (C=O) groups is 1. The molecular weight excluding hydrogens is 218 g/mol. The van der Waals surface area contributed by atoms with Gasteiger partial charge in [-0.2, -0.15) is 0 Å². The fourth-order valence-electron chi connectivity index (χ4n) is 2.37. The van der Waals surface area contributed by atoms with E-state index in [1.54, 1.807) is 0 Å². The maximum Gasteiger partial charge on any atom is 0.317 e. The quantitative estimate of drug-likeness (QED) is 0.686. The standard InChI is InChI=1S/C12H23N3O2/c1-12(2-8-17-9-3-12)10-13-4-6-15-7-5-14-11(15)16/h13H,2-10H2,1H3,(H,14,16). The third-order valence-electron chi connectivity index (χ3n) is 3.76. The van der Waals surface area contributed by atoms with Crippen molar-refractivity contribution >= 4 is 6.03 Å². The van der Waals surface area contributed by atoms with Gasteiger partial charge in [0.2, 0.25) is 0 Å². The first-order valence-corrected chi connectivity index (χ1v) is 6.51. The number of ether oxygens (including phenoxy) is 1. The van der Waals surface area contributed by atoms with Crippen molar-refractivity contribution in [3.8, 4) is 0 Å². The van der Waals surface area contributed by atoms with Gasteiger partial charge in [-0.3, -0.25) is 0 Å². The van der Waals surface area contributed by atoms with Gasteiger partial charge in [0.25, 0.3) is 0 Å². The molecule has 0 aliphatic carbocycles. The molecule has 2 fully saturated rings. The molecule has 2 amide bonds. The number of hydrogen-bond acceptors (Lipinski definition) is 3. The van der Waals surface area contributed by atoms with Gasteiger partial charge in [0, 0.05) is 45.9 Å². The summed E-state index contributed by atoms with van der Waals surface area (Å²) in [7, 11) is 0. The SMILES string of the molecule is CC1(CNCCN2CCNC2=O)CCOCC1. The molecule has 0 saturated carbocycles. The lowest BCUT2D eigenvalue weighted by Crippen LogP contribution is -2.40. The molecule has 0 aromatic rings. The molecular formula is C12H23N3O2. The van der Waals surface area contributed by atoms with Crippen LogP contribution < -0.4 is 10.6 Å². The highest BCUT2D eigenvalue weighted by Crippen LogP contribution is 2.28. The molecule has 0 aromatic heterocycles. The van der Waals surface area contributed by atoms with Crippen molar-refractivity contribution in [1.82, 2.24) is 15.5 Å². The summed E-state index contributed by atoms with van der Waals surface area (Å²) in [6.07, 6.45) is 2.26. The second-order valence-electron chi connectivity index (χ2n) is 5.32. The molecule has 0 aromatic carbocycles. The summed E-state index contributed by atoms with van der Waals surface area (Å²) in [4.78, 5) is 13.2. The molecule has 0 radical (unpaired) electrons. The number of rotatable bonds is 5. The first kappa shape index (κ1) is 12.6. The van der Waals surface area contributed by atoms with E-state index in [1.165, 1.54) is 0 Å². The average Bonchev–Trinajstić information content (AvgIpc) is 2.72. The summed E-state index contributed by atoms with van der Waals surface area (Å²) in [6, 6.07) is 0.0732. The molecule has 2 aliphatic rings. The first-order valence-electron chi connectivity index (χ1n) is 6.51. The minimum atomic E-state index is 0.0732. The molecule has 98 valence electrons. The van der Waals surface area contributed by atoms with Gasteiger partial charge in [-0.25, -0.2) is 4.79 Å². The Hall–Kier alpha value is -0.810. The fourth-order valence-corrected chi connectivity index (χ4v) is 2.37. The van der Waals surface area contributed by atoms with Crippen LogP contribution in [0.1, 0.15) is 19.8 Å². The predicted octanol–water partition coefficient (Wildman–Crippen LogP) is 0.418. The maximum absolute atomic E-state index is 11.3. The molecule has 0 bridgehead atoms. The van der Waals surface area contributed by atoms with Crippen LogP contribution in [0.5, 0.6) is 0 Å². The van der Waals surface area contributed by atoms with Crippen LogP contribution in [0.25, 0.3) is 0 Å². The Bertz CT molecular complexity index is 264. The van der Waals surface area contributed by atoms with E-state index in [9.17, 15) is 4.79 Å². The molecule has 2 heterocycles. The fraction of sp³-hybridized carbons (Fsp3) is 0.917. The van der Waals surface area contributed by atoms with Gasteiger partial charge in [-0.15, -0.1) is 0 Å². The van der Waals surface area contributed by atoms with Crippen LogP contribution in [0.15, 0.2) is 0 Å². The number of amides is 2. The molecule has 0 unspecified atom stereocenters. The van der Waals surface area contributed by atoms with Gasteiger partial charge < -0.3 is 20.3 Å². The highest BCUT2D eigenvalue weighted by molar-refractivity contribution is 5.76. The zero-order valence-electron chi connectivity index (χ0n) is 10.6. The largest absolute Gasteiger partial charge is 0.381 e. The average molecular weight is 241 g/mol. The van der Waals surface area contributed by atoms with E-state index in [2.05, 4.69) is 17.6 Å². The number of hydrogen-bond donors (Lipinski definition) is 2. The summed E-state index contributed by atoms with van der Waals surface area (Å²) < 4.78 is 5.38. The van der Waals surface area contributed by atoms with Crippen LogP contribution in [0, 0.1) is 5.41 Å². The predicted molar refractivity (Wildman–Crippen MR) is 66.0 cm³/mol. The third-order valence-corrected chi connectivity index (χ3v) is 3.76. The highest BCUT2D eigenvalue weighted by atomic mass is 16.5. The van der Waals surface area contributed by atoms with Crippen LogP contribution in [0.2, 0.25) is 0 Å². The molecule has 2 saturated heterocycles. The van der Waals surface area contributed by atoms with Crippen molar-refractivity contribution in [2.24, 2.45) is 5.41 Å². The van der Waals surface area contributed by atoms with E-state index < -0.39 is 0 Å². The van der Waals surface area contributed by atoms with Crippen LogP contribution >= 0.6 is 0 Å². The second kappa shape index (κ2) is 5.69. The molecule has 17 heavy (non-hydrogen) atoms. The van der Waals surface area contributed by atoms with Gasteiger partial charge in [-0.1, -0.05) is 6.92 Å². The third kappa shape index (κ3) is 3.57. The number of carbonyl (C=O) groups excluding carboxylic acids is 1. The molecule has 5 nitrogen and oxygen atoms in total. The normalized spacial score (nSPS) is 23.8. The van der Waals surface area contributed by atoms with Crippen molar-refractivity contribution in [3.05, 3.63) is 0 Å². The minimum absolute atomic E-state index is 0.0732. The van der Waals surface area contributed by atoms with Crippen LogP contribution in [-0.2, 0) is 4.74 Å². The van der Waals surface area contributed by atoms with Gasteiger partial charge in [0.15, 0.2) is 0 Å². The van der Waals surface area contributed by atoms with Gasteiger partial charge in [-0.05, 0) is 18.3 Å². The van der Waals surface area contributed by atoms with Gasteiger partial charge in [0.05, 0.1) is 0 Å². The van der Waals surface area contributed by atoms with E-state index in [-0.39, 0.29) is 6.03 Å². The van der Waals surface area contributed by atoms with Crippen LogP contribution in [0.4, 0.5) is 4.79 Å². The molecule has 2 N–H and O–H groups in total. The van der Waals surface area contributed by atoms with E-state index in [0.717, 1.165) is 58.8 Å². The van der Waals surface area contributed by atoms with Crippen LogP contribution in [0.3, 0.4) is 0 Å². The summed E-state index contributed by atoms with van der Waals surface area (Å²) in [5.41, 5.74) is 0.367. The lowest BCUT2D eigenvalue weighted by molar-refractivity contribution is 0.0241. The Morgan fingerprint density at radius 1 is 1.47 bits per heavy atom. The maximum atomic E-state index is 11.3. The van der Waals surface area contributed by atoms with Crippen molar-refractivity contribution in [3.63, 3.8) is 0 Å². The number of nitrogens with one attached hydrogen (secondary N) is 2. The van der Waals surface area contributed by atoms with E-state index >= 15 is 0 Å². The Morgan fingerprint density at radius 3 is 2.88 bits per heavy atom. The molecule has 5 heteroatoms. The number of nitrogens with zero attached hydrogens (tertiary/aromatic N) is 1. The Morgan fingerprint density at radius 2 is 2.24 bits per heavy atom. The van der Waals surface area contributed by atoms with E-state index in [1.807, 2.05) is 4.90 Å². The van der Waals surface area contributed by atoms with Crippen molar-refractivity contribution in [2.45, 2.75) is 19.8 Å². The summed E-state index contributed by atoms with van der Waals surface area (Å²) in [5.74, 6) is 0. The monoisotopic (exact) mass is 241 g/mol. The zero-order chi connectivity index (χ0) is 12.1. The van der Waals surface area contributed by atoms with E-state index in [0.29, 0.717) is 5.41 Å².